The predicted molar refractivity (Wildman–Crippen MR) is 110 cm³/mol. The van der Waals surface area contributed by atoms with Crippen LogP contribution in [-0.4, -0.2) is 81.2 Å². The molecule has 0 unspecified atom stereocenters. The molecule has 0 aromatic carbocycles. The molecule has 0 bridgehead atoms. The lowest BCUT2D eigenvalue weighted by molar-refractivity contribution is 0.0299. The third-order valence-corrected chi connectivity index (χ3v) is 5.80. The van der Waals surface area contributed by atoms with E-state index in [1.165, 1.54) is 0 Å². The highest BCUT2D eigenvalue weighted by Gasteiger charge is 2.28. The molecule has 168 valence electrons. The van der Waals surface area contributed by atoms with Gasteiger partial charge < -0.3 is 23.5 Å². The van der Waals surface area contributed by atoms with Crippen LogP contribution in [0.1, 0.15) is 33.8 Å². The lowest BCUT2D eigenvalue weighted by atomic mass is 9.97. The third-order valence-electron chi connectivity index (χ3n) is 5.80. The molecule has 2 aliphatic rings. The minimum absolute atomic E-state index is 0.126. The van der Waals surface area contributed by atoms with Gasteiger partial charge in [-0.2, -0.15) is 0 Å². The van der Waals surface area contributed by atoms with Gasteiger partial charge in [-0.15, -0.1) is 5.10 Å². The minimum Gasteiger partial charge on any atom is -0.461 e. The van der Waals surface area contributed by atoms with Gasteiger partial charge in [0.2, 0.25) is 5.76 Å². The first-order valence-electron chi connectivity index (χ1n) is 10.7. The van der Waals surface area contributed by atoms with E-state index in [-0.39, 0.29) is 23.4 Å². The first-order valence-corrected chi connectivity index (χ1v) is 10.7. The van der Waals surface area contributed by atoms with Crippen molar-refractivity contribution in [3.05, 3.63) is 42.0 Å². The quantitative estimate of drug-likeness (QED) is 0.586. The largest absolute Gasteiger partial charge is 0.461 e. The normalized spacial score (nSPS) is 19.3. The highest BCUT2D eigenvalue weighted by Crippen LogP contribution is 2.24. The number of likely N-dealkylation sites (tertiary alicyclic amines) is 1. The summed E-state index contributed by atoms with van der Waals surface area (Å²) < 4.78 is 17.5. The number of hydrogen-bond acceptors (Lipinski definition) is 8. The van der Waals surface area contributed by atoms with E-state index in [9.17, 15) is 9.59 Å². The number of piperidine rings is 1. The van der Waals surface area contributed by atoms with Gasteiger partial charge in [-0.1, -0.05) is 10.4 Å². The molecule has 0 N–H and O–H groups in total. The molecule has 2 saturated heterocycles. The lowest BCUT2D eigenvalue weighted by Gasteiger charge is -2.32. The van der Waals surface area contributed by atoms with Gasteiger partial charge in [0.15, 0.2) is 17.1 Å². The standard InChI is InChI=1S/C21H24N6O5/c28-20(16-11-19(32-23-16)18-4-2-8-31-18)26-5-1-3-15(12-26)13-27-14-17(22-24-27)21(29)25-6-9-30-10-7-25/h2,4,8,11,14-15H,1,3,5-7,9-10,12-13H2/t15-/m1/s1. The summed E-state index contributed by atoms with van der Waals surface area (Å²) in [6.07, 6.45) is 5.07. The summed E-state index contributed by atoms with van der Waals surface area (Å²) in [7, 11) is 0. The second kappa shape index (κ2) is 8.95. The van der Waals surface area contributed by atoms with Crippen molar-refractivity contribution in [2.75, 3.05) is 39.4 Å². The fourth-order valence-electron chi connectivity index (χ4n) is 4.15. The van der Waals surface area contributed by atoms with Gasteiger partial charge in [0, 0.05) is 38.8 Å². The van der Waals surface area contributed by atoms with Crippen molar-refractivity contribution < 1.29 is 23.3 Å². The van der Waals surface area contributed by atoms with Gasteiger partial charge in [0.05, 0.1) is 25.7 Å². The molecule has 5 heterocycles. The summed E-state index contributed by atoms with van der Waals surface area (Å²) in [5, 5.41) is 12.1. The molecule has 11 heteroatoms. The van der Waals surface area contributed by atoms with Crippen molar-refractivity contribution in [1.82, 2.24) is 30.0 Å². The molecule has 3 aromatic heterocycles. The van der Waals surface area contributed by atoms with Crippen LogP contribution >= 0.6 is 0 Å². The molecule has 2 amide bonds. The number of furan rings is 1. The molecular formula is C21H24N6O5. The van der Waals surface area contributed by atoms with Gasteiger partial charge in [-0.25, -0.2) is 0 Å². The van der Waals surface area contributed by atoms with E-state index < -0.39 is 0 Å². The summed E-state index contributed by atoms with van der Waals surface area (Å²) in [6.45, 7) is 4.04. The molecule has 0 spiro atoms. The van der Waals surface area contributed by atoms with E-state index in [2.05, 4.69) is 15.5 Å². The van der Waals surface area contributed by atoms with Gasteiger partial charge in [0.1, 0.15) is 0 Å². The van der Waals surface area contributed by atoms with Gasteiger partial charge in [0.25, 0.3) is 11.8 Å². The molecule has 32 heavy (non-hydrogen) atoms. The number of hydrogen-bond donors (Lipinski definition) is 0. The molecule has 11 nitrogen and oxygen atoms in total. The van der Waals surface area contributed by atoms with Gasteiger partial charge in [-0.05, 0) is 30.9 Å². The maximum Gasteiger partial charge on any atom is 0.276 e. The highest BCUT2D eigenvalue weighted by atomic mass is 16.5. The number of carbonyl (C=O) groups is 2. The Morgan fingerprint density at radius 3 is 2.72 bits per heavy atom. The van der Waals surface area contributed by atoms with Crippen LogP contribution in [0.4, 0.5) is 0 Å². The number of ether oxygens (including phenoxy) is 1. The Kier molecular flexibility index (Phi) is 5.71. The maximum absolute atomic E-state index is 12.9. The number of morpholine rings is 1. The SMILES string of the molecule is O=C(c1cn(C[C@@H]2CCCN(C(=O)c3cc(-c4ccco4)on3)C2)nn1)N1CCOCC1. The Bertz CT molecular complexity index is 1070. The molecular weight excluding hydrogens is 416 g/mol. The predicted octanol–water partition coefficient (Wildman–Crippen LogP) is 1.55. The van der Waals surface area contributed by atoms with Crippen LogP contribution in [0.25, 0.3) is 11.5 Å². The lowest BCUT2D eigenvalue weighted by Crippen LogP contribution is -2.41. The fourth-order valence-corrected chi connectivity index (χ4v) is 4.15. The minimum atomic E-state index is -0.168. The maximum atomic E-state index is 12.9. The van der Waals surface area contributed by atoms with Crippen molar-refractivity contribution >= 4 is 11.8 Å². The molecule has 2 aliphatic heterocycles. The number of rotatable bonds is 5. The Hall–Kier alpha value is -3.47. The third kappa shape index (κ3) is 4.28. The first-order chi connectivity index (χ1) is 15.7. The van der Waals surface area contributed by atoms with Crippen LogP contribution in [0.15, 0.2) is 39.6 Å². The average molecular weight is 440 g/mol. The fraction of sp³-hybridized carbons (Fsp3) is 0.476. The second-order valence-electron chi connectivity index (χ2n) is 8.04. The van der Waals surface area contributed by atoms with Gasteiger partial charge in [-0.3, -0.25) is 14.3 Å². The van der Waals surface area contributed by atoms with Crippen LogP contribution in [0.5, 0.6) is 0 Å². The Labute approximate surface area is 183 Å². The molecule has 1 atom stereocenters. The number of amides is 2. The zero-order chi connectivity index (χ0) is 21.9. The zero-order valence-electron chi connectivity index (χ0n) is 17.6. The summed E-state index contributed by atoms with van der Waals surface area (Å²) in [5.41, 5.74) is 0.597. The zero-order valence-corrected chi connectivity index (χ0v) is 17.6. The molecule has 0 saturated carbocycles. The van der Waals surface area contributed by atoms with E-state index in [4.69, 9.17) is 13.7 Å². The highest BCUT2D eigenvalue weighted by molar-refractivity contribution is 5.93. The number of carbonyl (C=O) groups excluding carboxylic acids is 2. The van der Waals surface area contributed by atoms with E-state index in [1.807, 2.05) is 0 Å². The summed E-state index contributed by atoms with van der Waals surface area (Å²) in [6, 6.07) is 5.10. The van der Waals surface area contributed by atoms with Crippen molar-refractivity contribution in [2.45, 2.75) is 19.4 Å². The van der Waals surface area contributed by atoms with Crippen LogP contribution in [0, 0.1) is 5.92 Å². The summed E-state index contributed by atoms with van der Waals surface area (Å²) >= 11 is 0. The topological polar surface area (TPSA) is 120 Å². The van der Waals surface area contributed by atoms with E-state index >= 15 is 0 Å². The first kappa shape index (κ1) is 20.4. The smallest absolute Gasteiger partial charge is 0.276 e. The molecule has 5 rings (SSSR count). The van der Waals surface area contributed by atoms with Crippen molar-refractivity contribution in [3.8, 4) is 11.5 Å². The van der Waals surface area contributed by atoms with Crippen molar-refractivity contribution in [3.63, 3.8) is 0 Å². The Balaban J connectivity index is 1.20. The summed E-state index contributed by atoms with van der Waals surface area (Å²) in [4.78, 5) is 29.0. The van der Waals surface area contributed by atoms with Crippen LogP contribution in [-0.2, 0) is 11.3 Å². The second-order valence-corrected chi connectivity index (χ2v) is 8.04. The van der Waals surface area contributed by atoms with E-state index in [1.54, 1.807) is 45.1 Å². The Morgan fingerprint density at radius 2 is 1.91 bits per heavy atom. The molecule has 0 aliphatic carbocycles. The van der Waals surface area contributed by atoms with Crippen molar-refractivity contribution in [1.29, 1.82) is 0 Å². The van der Waals surface area contributed by atoms with Crippen LogP contribution < -0.4 is 0 Å². The van der Waals surface area contributed by atoms with Crippen LogP contribution in [0.2, 0.25) is 0 Å². The van der Waals surface area contributed by atoms with Gasteiger partial charge >= 0.3 is 0 Å². The Morgan fingerprint density at radius 1 is 1.06 bits per heavy atom. The number of aromatic nitrogens is 4. The van der Waals surface area contributed by atoms with Crippen molar-refractivity contribution in [2.24, 2.45) is 5.92 Å². The summed E-state index contributed by atoms with van der Waals surface area (Å²) in [5.74, 6) is 0.863. The van der Waals surface area contributed by atoms with Crippen LogP contribution in [0.3, 0.4) is 0 Å². The number of nitrogens with zero attached hydrogens (tertiary/aromatic N) is 6. The molecule has 2 fully saturated rings. The monoisotopic (exact) mass is 440 g/mol. The van der Waals surface area contributed by atoms with E-state index in [0.717, 1.165) is 12.8 Å². The molecule has 3 aromatic rings. The average Bonchev–Trinajstić information content (AvgIpc) is 3.60. The van der Waals surface area contributed by atoms with E-state index in [0.29, 0.717) is 63.2 Å². The molecule has 0 radical (unpaired) electrons.